The summed E-state index contributed by atoms with van der Waals surface area (Å²) in [5.74, 6) is 1.73. The van der Waals surface area contributed by atoms with E-state index in [0.717, 1.165) is 22.4 Å². The second-order valence-corrected chi connectivity index (χ2v) is 8.80. The molecule has 0 saturated heterocycles. The van der Waals surface area contributed by atoms with Gasteiger partial charge in [-0.25, -0.2) is 14.8 Å². The number of pyridine rings is 1. The molecule has 0 radical (unpaired) electrons. The molecule has 0 saturated carbocycles. The van der Waals surface area contributed by atoms with Crippen LogP contribution in [0, 0.1) is 0 Å². The van der Waals surface area contributed by atoms with Crippen LogP contribution in [-0.2, 0) is 11.3 Å². The highest BCUT2D eigenvalue weighted by Gasteiger charge is 2.21. The van der Waals surface area contributed by atoms with E-state index in [1.807, 2.05) is 45.0 Å². The summed E-state index contributed by atoms with van der Waals surface area (Å²) in [5, 5.41) is 3.14. The molecule has 0 atom stereocenters. The van der Waals surface area contributed by atoms with Gasteiger partial charge in [0.25, 0.3) is 6.01 Å². The minimum Gasteiger partial charge on any atom is -0.496 e. The molecule has 3 heterocycles. The molecule has 0 unspecified atom stereocenters. The number of amides is 1. The van der Waals surface area contributed by atoms with Gasteiger partial charge in [0.1, 0.15) is 11.4 Å². The number of anilines is 2. The Kier molecular flexibility index (Phi) is 6.72. The van der Waals surface area contributed by atoms with Gasteiger partial charge in [0.2, 0.25) is 0 Å². The topological polar surface area (TPSA) is 116 Å². The van der Waals surface area contributed by atoms with Crippen molar-refractivity contribution in [1.82, 2.24) is 19.9 Å². The van der Waals surface area contributed by atoms with Gasteiger partial charge in [0.15, 0.2) is 17.9 Å². The molecule has 0 aliphatic carbocycles. The second kappa shape index (κ2) is 9.88. The number of hydrogen-bond donors (Lipinski definition) is 1. The zero-order valence-electron chi connectivity index (χ0n) is 20.2. The number of nitrogens with zero attached hydrogens (tertiary/aromatic N) is 4. The van der Waals surface area contributed by atoms with Gasteiger partial charge < -0.3 is 28.5 Å². The van der Waals surface area contributed by atoms with Crippen molar-refractivity contribution in [1.29, 1.82) is 0 Å². The molecular formula is C25H27N5O5. The van der Waals surface area contributed by atoms with E-state index in [4.69, 9.17) is 18.3 Å². The van der Waals surface area contributed by atoms with Crippen molar-refractivity contribution in [3.63, 3.8) is 0 Å². The molecule has 1 amide bonds. The van der Waals surface area contributed by atoms with Crippen LogP contribution in [0.1, 0.15) is 26.3 Å². The largest absolute Gasteiger partial charge is 0.496 e. The van der Waals surface area contributed by atoms with E-state index in [1.165, 1.54) is 11.3 Å². The fourth-order valence-corrected chi connectivity index (χ4v) is 3.34. The lowest BCUT2D eigenvalue weighted by Crippen LogP contribution is -2.33. The fraction of sp³-hybridized carbons (Fsp3) is 0.280. The Morgan fingerprint density at radius 2 is 1.91 bits per heavy atom. The Bertz CT molecular complexity index is 1290. The summed E-state index contributed by atoms with van der Waals surface area (Å²) < 4.78 is 22.3. The van der Waals surface area contributed by atoms with Crippen LogP contribution >= 0.6 is 0 Å². The fourth-order valence-electron chi connectivity index (χ4n) is 3.34. The highest BCUT2D eigenvalue weighted by atomic mass is 16.6. The summed E-state index contributed by atoms with van der Waals surface area (Å²) in [6.07, 6.45) is 7.53. The number of oxazole rings is 2. The molecule has 0 aliphatic rings. The SMILES string of the molecule is COc1cc(Nc2ncc(-c3cnccc3CN(C)C(=O)OC(C)(C)C)o2)ccc1-c1cnco1. The van der Waals surface area contributed by atoms with Gasteiger partial charge in [-0.3, -0.25) is 4.98 Å². The van der Waals surface area contributed by atoms with Crippen molar-refractivity contribution >= 4 is 17.8 Å². The summed E-state index contributed by atoms with van der Waals surface area (Å²) in [6, 6.07) is 7.66. The van der Waals surface area contributed by atoms with Crippen molar-refractivity contribution < 1.29 is 23.1 Å². The van der Waals surface area contributed by atoms with E-state index in [1.54, 1.807) is 38.9 Å². The zero-order chi connectivity index (χ0) is 25.0. The number of nitrogens with one attached hydrogen (secondary N) is 1. The average molecular weight is 478 g/mol. The molecule has 1 aromatic carbocycles. The van der Waals surface area contributed by atoms with E-state index in [2.05, 4.69) is 20.3 Å². The molecule has 0 bridgehead atoms. The van der Waals surface area contributed by atoms with Crippen molar-refractivity contribution in [3.05, 3.63) is 61.0 Å². The molecule has 0 spiro atoms. The number of aromatic nitrogens is 3. The molecule has 10 heteroatoms. The molecule has 1 N–H and O–H groups in total. The lowest BCUT2D eigenvalue weighted by Gasteiger charge is -2.25. The first-order valence-electron chi connectivity index (χ1n) is 10.9. The van der Waals surface area contributed by atoms with Crippen LogP contribution in [-0.4, -0.2) is 45.7 Å². The first kappa shape index (κ1) is 23.8. The molecule has 4 rings (SSSR count). The van der Waals surface area contributed by atoms with Crippen molar-refractivity contribution in [2.24, 2.45) is 0 Å². The predicted molar refractivity (Wildman–Crippen MR) is 129 cm³/mol. The molecule has 4 aromatic rings. The van der Waals surface area contributed by atoms with Crippen molar-refractivity contribution in [2.75, 3.05) is 19.5 Å². The van der Waals surface area contributed by atoms with Crippen LogP contribution in [0.4, 0.5) is 16.5 Å². The Morgan fingerprint density at radius 3 is 2.63 bits per heavy atom. The number of hydrogen-bond acceptors (Lipinski definition) is 9. The maximum Gasteiger partial charge on any atom is 0.410 e. The number of benzene rings is 1. The minimum absolute atomic E-state index is 0.296. The number of methoxy groups -OCH3 is 1. The first-order chi connectivity index (χ1) is 16.7. The number of carbonyl (C=O) groups excluding carboxylic acids is 1. The van der Waals surface area contributed by atoms with E-state index >= 15 is 0 Å². The molecule has 0 fully saturated rings. The van der Waals surface area contributed by atoms with Crippen molar-refractivity contribution in [3.8, 4) is 28.4 Å². The van der Waals surface area contributed by atoms with Crippen LogP contribution in [0.15, 0.2) is 64.3 Å². The standard InChI is InChI=1S/C25H27N5O5/c1-25(2,3)35-24(31)30(4)14-16-8-9-26-11-19(16)22-13-28-23(34-22)29-17-6-7-18(20(10-17)32-5)21-12-27-15-33-21/h6-13,15H,14H2,1-5H3,(H,28,29). The summed E-state index contributed by atoms with van der Waals surface area (Å²) in [5.41, 5.74) is 2.48. The van der Waals surface area contributed by atoms with Gasteiger partial charge in [-0.15, -0.1) is 0 Å². The quantitative estimate of drug-likeness (QED) is 0.368. The Balaban J connectivity index is 1.51. The van der Waals surface area contributed by atoms with E-state index < -0.39 is 11.7 Å². The van der Waals surface area contributed by atoms with Crippen LogP contribution in [0.25, 0.3) is 22.6 Å². The summed E-state index contributed by atoms with van der Waals surface area (Å²) in [6.45, 7) is 5.81. The van der Waals surface area contributed by atoms with Crippen LogP contribution < -0.4 is 10.1 Å². The third kappa shape index (κ3) is 5.78. The third-order valence-corrected chi connectivity index (χ3v) is 4.95. The smallest absolute Gasteiger partial charge is 0.410 e. The average Bonchev–Trinajstić information content (AvgIpc) is 3.51. The molecule has 10 nitrogen and oxygen atoms in total. The Labute approximate surface area is 202 Å². The van der Waals surface area contributed by atoms with E-state index in [9.17, 15) is 4.79 Å². The lowest BCUT2D eigenvalue weighted by molar-refractivity contribution is 0.0285. The number of carbonyl (C=O) groups is 1. The van der Waals surface area contributed by atoms with Gasteiger partial charge in [0.05, 0.1) is 25.1 Å². The lowest BCUT2D eigenvalue weighted by atomic mass is 10.1. The maximum atomic E-state index is 12.4. The van der Waals surface area contributed by atoms with Gasteiger partial charge in [0, 0.05) is 43.3 Å². The van der Waals surface area contributed by atoms with Gasteiger partial charge in [-0.05, 0) is 44.5 Å². The van der Waals surface area contributed by atoms with Crippen LogP contribution in [0.3, 0.4) is 0 Å². The summed E-state index contributed by atoms with van der Waals surface area (Å²) in [4.78, 5) is 26.4. The number of ether oxygens (including phenoxy) is 2. The Hall–Kier alpha value is -4.34. The predicted octanol–water partition coefficient (Wildman–Crippen LogP) is 5.51. The molecular weight excluding hydrogens is 450 g/mol. The molecule has 0 aliphatic heterocycles. The summed E-state index contributed by atoms with van der Waals surface area (Å²) >= 11 is 0. The maximum absolute atomic E-state index is 12.4. The second-order valence-electron chi connectivity index (χ2n) is 8.80. The minimum atomic E-state index is -0.576. The van der Waals surface area contributed by atoms with Crippen LogP contribution in [0.2, 0.25) is 0 Å². The monoisotopic (exact) mass is 477 g/mol. The third-order valence-electron chi connectivity index (χ3n) is 4.95. The van der Waals surface area contributed by atoms with Gasteiger partial charge >= 0.3 is 6.09 Å². The summed E-state index contributed by atoms with van der Waals surface area (Å²) in [7, 11) is 3.27. The highest BCUT2D eigenvalue weighted by Crippen LogP contribution is 2.34. The van der Waals surface area contributed by atoms with Gasteiger partial charge in [-0.1, -0.05) is 0 Å². The van der Waals surface area contributed by atoms with Gasteiger partial charge in [-0.2, -0.15) is 0 Å². The first-order valence-corrected chi connectivity index (χ1v) is 10.9. The van der Waals surface area contributed by atoms with Crippen molar-refractivity contribution in [2.45, 2.75) is 32.9 Å². The highest BCUT2D eigenvalue weighted by molar-refractivity contribution is 5.71. The molecule has 182 valence electrons. The normalized spacial score (nSPS) is 11.2. The van der Waals surface area contributed by atoms with E-state index in [-0.39, 0.29) is 0 Å². The number of rotatable bonds is 7. The molecule has 35 heavy (non-hydrogen) atoms. The van der Waals surface area contributed by atoms with Crippen LogP contribution in [0.5, 0.6) is 5.75 Å². The zero-order valence-corrected chi connectivity index (χ0v) is 20.2. The Morgan fingerprint density at radius 1 is 1.09 bits per heavy atom. The van der Waals surface area contributed by atoms with E-state index in [0.29, 0.717) is 29.8 Å². The molecule has 3 aromatic heterocycles.